The van der Waals surface area contributed by atoms with Crippen molar-refractivity contribution in [2.45, 2.75) is 26.5 Å². The molecule has 0 aliphatic rings. The van der Waals surface area contributed by atoms with E-state index in [1.54, 1.807) is 18.3 Å². The molecule has 11 rings (SSSR count). The summed E-state index contributed by atoms with van der Waals surface area (Å²) in [5.41, 5.74) is 8.70. The first-order valence-corrected chi connectivity index (χ1v) is 23.3. The molecule has 0 bridgehead atoms. The SMILES string of the molecule is [2H]C([2H])([2H])c1cc(-c2[c-]cc(F)c(-c3ccccc3)c2)ncc1[Si](C)(C)C.[Ir].[c-]1ccc2c(oc3nc4ccccc4cc32)c1-c1nc2ccccc2n1-c1cccc2ccccc12. The second-order valence-corrected chi connectivity index (χ2v) is 20.9. The van der Waals surface area contributed by atoms with E-state index in [-0.39, 0.29) is 25.9 Å². The maximum absolute atomic E-state index is 14.3. The fourth-order valence-electron chi connectivity index (χ4n) is 7.94. The van der Waals surface area contributed by atoms with Gasteiger partial charge in [0.25, 0.3) is 0 Å². The Kier molecular flexibility index (Phi) is 9.59. The number of nitrogens with zero attached hydrogens (tertiary/aromatic N) is 4. The predicted molar refractivity (Wildman–Crippen MR) is 247 cm³/mol. The molecule has 0 amide bonds. The molecule has 0 fully saturated rings. The number of fused-ring (bicyclic) bond motifs is 6. The number of aryl methyl sites for hydroxylation is 1. The van der Waals surface area contributed by atoms with Gasteiger partial charge in [-0.2, -0.15) is 0 Å². The molecule has 0 spiro atoms. The number of hydrogen-bond donors (Lipinski definition) is 0. The number of aromatic nitrogens is 4. The van der Waals surface area contributed by atoms with Crippen LogP contribution in [0.1, 0.15) is 9.68 Å². The molecule has 11 aromatic rings. The van der Waals surface area contributed by atoms with Crippen molar-refractivity contribution in [1.82, 2.24) is 19.5 Å². The average molecular weight is 990 g/mol. The monoisotopic (exact) mass is 990 g/mol. The summed E-state index contributed by atoms with van der Waals surface area (Å²) in [5, 5.41) is 6.25. The van der Waals surface area contributed by atoms with E-state index in [0.29, 0.717) is 28.1 Å². The Morgan fingerprint density at radius 3 is 2.26 bits per heavy atom. The minimum atomic E-state index is -2.23. The smallest absolute Gasteiger partial charge is 0.216 e. The van der Waals surface area contributed by atoms with Crippen LogP contribution in [0, 0.1) is 24.8 Å². The van der Waals surface area contributed by atoms with Crippen molar-refractivity contribution in [3.63, 3.8) is 0 Å². The van der Waals surface area contributed by atoms with Gasteiger partial charge in [0, 0.05) is 58.1 Å². The van der Waals surface area contributed by atoms with Gasteiger partial charge in [0.05, 0.1) is 36.0 Å². The Bertz CT molecular complexity index is 3520. The zero-order chi connectivity index (χ0) is 43.5. The number of pyridine rings is 2. The normalized spacial score (nSPS) is 12.5. The van der Waals surface area contributed by atoms with E-state index in [1.165, 1.54) is 11.5 Å². The van der Waals surface area contributed by atoms with Crippen LogP contribution in [0.5, 0.6) is 0 Å². The topological polar surface area (TPSA) is 56.7 Å². The molecule has 0 atom stereocenters. The first kappa shape index (κ1) is 36.3. The Labute approximate surface area is 372 Å². The molecule has 0 saturated carbocycles. The van der Waals surface area contributed by atoms with Crippen LogP contribution in [-0.4, -0.2) is 27.6 Å². The van der Waals surface area contributed by atoms with Crippen LogP contribution in [0.15, 0.2) is 168 Å². The standard InChI is InChI=1S/C32H18N3O.C21H21FNSi.Ir/c1-3-12-22-20(9-1)11-7-18-28(22)35-29-17-6-5-16-27(29)33-31(35)24-14-8-13-23-25-19-21-10-2-4-15-26(21)34-32(25)36-30(23)24;1-15-12-20(23-14-21(15)24(2,3)4)17-10-11-19(22)18(13-17)16-8-6-5-7-9-16;/h1-13,15-19H;5-9,11-14H,1-4H3;/q2*-1;/i;1D3;. The van der Waals surface area contributed by atoms with Gasteiger partial charge in [0.2, 0.25) is 5.71 Å². The maximum atomic E-state index is 14.3. The van der Waals surface area contributed by atoms with E-state index in [2.05, 4.69) is 108 Å². The van der Waals surface area contributed by atoms with E-state index in [9.17, 15) is 4.39 Å². The molecule has 7 aromatic carbocycles. The summed E-state index contributed by atoms with van der Waals surface area (Å²) in [4.78, 5) is 14.4. The van der Waals surface area contributed by atoms with Crippen molar-refractivity contribution < 1.29 is 33.0 Å². The molecule has 5 nitrogen and oxygen atoms in total. The van der Waals surface area contributed by atoms with Crippen LogP contribution < -0.4 is 5.19 Å². The fraction of sp³-hybridized carbons (Fsp3) is 0.0755. The minimum Gasteiger partial charge on any atom is -0.486 e. The third kappa shape index (κ3) is 7.37. The minimum absolute atomic E-state index is 0. The summed E-state index contributed by atoms with van der Waals surface area (Å²) < 4.78 is 46.7. The molecular formula is C53H39FIrN4OSi-2. The Morgan fingerprint density at radius 1 is 0.705 bits per heavy atom. The largest absolute Gasteiger partial charge is 0.486 e. The molecule has 0 unspecified atom stereocenters. The zero-order valence-corrected chi connectivity index (χ0v) is 36.9. The van der Waals surface area contributed by atoms with Crippen LogP contribution in [0.3, 0.4) is 0 Å². The quantitative estimate of drug-likeness (QED) is 0.127. The summed E-state index contributed by atoms with van der Waals surface area (Å²) in [5.74, 6) is 0.418. The summed E-state index contributed by atoms with van der Waals surface area (Å²) >= 11 is 0. The van der Waals surface area contributed by atoms with E-state index >= 15 is 0 Å². The molecule has 299 valence electrons. The molecule has 4 aromatic heterocycles. The third-order valence-electron chi connectivity index (χ3n) is 10.9. The second kappa shape index (κ2) is 16.1. The third-order valence-corrected chi connectivity index (χ3v) is 12.9. The Hall–Kier alpha value is -6.57. The molecule has 8 heteroatoms. The summed E-state index contributed by atoms with van der Waals surface area (Å²) in [6, 6.07) is 57.4. The van der Waals surface area contributed by atoms with Crippen molar-refractivity contribution in [1.29, 1.82) is 0 Å². The van der Waals surface area contributed by atoms with Crippen molar-refractivity contribution in [2.24, 2.45) is 0 Å². The fourth-order valence-corrected chi connectivity index (χ4v) is 9.27. The molecule has 0 saturated heterocycles. The number of benzene rings is 7. The Morgan fingerprint density at radius 2 is 1.44 bits per heavy atom. The molecule has 0 N–H and O–H groups in total. The van der Waals surface area contributed by atoms with Crippen LogP contribution in [-0.2, 0) is 20.1 Å². The van der Waals surface area contributed by atoms with Gasteiger partial charge in [-0.1, -0.05) is 145 Å². The molecule has 0 aliphatic carbocycles. The first-order chi connectivity index (χ1) is 30.4. The summed E-state index contributed by atoms with van der Waals surface area (Å²) in [6.45, 7) is 4.05. The number of furan rings is 1. The van der Waals surface area contributed by atoms with Gasteiger partial charge in [-0.3, -0.25) is 9.37 Å². The molecular weight excluding hydrogens is 948 g/mol. The van der Waals surface area contributed by atoms with Crippen LogP contribution >= 0.6 is 0 Å². The van der Waals surface area contributed by atoms with Gasteiger partial charge in [-0.15, -0.1) is 42.0 Å². The van der Waals surface area contributed by atoms with Crippen molar-refractivity contribution in [3.05, 3.63) is 187 Å². The molecule has 0 aliphatic heterocycles. The van der Waals surface area contributed by atoms with E-state index in [1.807, 2.05) is 72.8 Å². The summed E-state index contributed by atoms with van der Waals surface area (Å²) in [6.07, 6.45) is 1.67. The van der Waals surface area contributed by atoms with Gasteiger partial charge < -0.3 is 14.0 Å². The van der Waals surface area contributed by atoms with Crippen LogP contribution in [0.4, 0.5) is 4.39 Å². The van der Waals surface area contributed by atoms with Crippen LogP contribution in [0.25, 0.3) is 94.2 Å². The average Bonchev–Trinajstić information content (AvgIpc) is 3.86. The molecule has 4 heterocycles. The van der Waals surface area contributed by atoms with Gasteiger partial charge in [0.1, 0.15) is 0 Å². The first-order valence-electron chi connectivity index (χ1n) is 21.3. The maximum Gasteiger partial charge on any atom is 0.216 e. The van der Waals surface area contributed by atoms with Gasteiger partial charge in [-0.05, 0) is 59.0 Å². The van der Waals surface area contributed by atoms with E-state index in [4.69, 9.17) is 18.5 Å². The van der Waals surface area contributed by atoms with Crippen molar-refractivity contribution in [3.8, 4) is 39.5 Å². The van der Waals surface area contributed by atoms with E-state index in [0.717, 1.165) is 71.5 Å². The number of rotatable bonds is 5. The Balaban J connectivity index is 0.000000167. The zero-order valence-electron chi connectivity index (χ0n) is 36.5. The second-order valence-electron chi connectivity index (χ2n) is 15.8. The van der Waals surface area contributed by atoms with Crippen molar-refractivity contribution in [2.75, 3.05) is 0 Å². The number of hydrogen-bond acceptors (Lipinski definition) is 4. The van der Waals surface area contributed by atoms with Crippen LogP contribution in [0.2, 0.25) is 19.6 Å². The predicted octanol–water partition coefficient (Wildman–Crippen LogP) is 13.3. The molecule has 61 heavy (non-hydrogen) atoms. The van der Waals surface area contributed by atoms with Gasteiger partial charge >= 0.3 is 0 Å². The van der Waals surface area contributed by atoms with Gasteiger partial charge in [-0.25, -0.2) is 4.98 Å². The molecule has 1 radical (unpaired) electrons. The number of imidazole rings is 1. The number of halogens is 1. The van der Waals surface area contributed by atoms with Gasteiger partial charge in [0.15, 0.2) is 0 Å². The summed E-state index contributed by atoms with van der Waals surface area (Å²) in [7, 11) is -1.88. The van der Waals surface area contributed by atoms with Crippen molar-refractivity contribution >= 4 is 68.0 Å². The number of para-hydroxylation sites is 3. The van der Waals surface area contributed by atoms with E-state index < -0.39 is 14.9 Å².